The maximum atomic E-state index is 12.5. The molecule has 0 spiro atoms. The SMILES string of the molecule is CC1Oc2ccccc2OC1C(=O)NC1CCC(C)(C)C1. The lowest BCUT2D eigenvalue weighted by Gasteiger charge is -2.31. The van der Waals surface area contributed by atoms with Crippen molar-refractivity contribution >= 4 is 5.91 Å². The van der Waals surface area contributed by atoms with Gasteiger partial charge in [0.05, 0.1) is 0 Å². The third-order valence-corrected chi connectivity index (χ3v) is 4.42. The predicted octanol–water partition coefficient (Wildman–Crippen LogP) is 2.91. The second-order valence-corrected chi connectivity index (χ2v) is 6.92. The largest absolute Gasteiger partial charge is 0.482 e. The summed E-state index contributed by atoms with van der Waals surface area (Å²) in [5.41, 5.74) is 0.320. The summed E-state index contributed by atoms with van der Waals surface area (Å²) < 4.78 is 11.6. The average molecular weight is 289 g/mol. The first-order valence-corrected chi connectivity index (χ1v) is 7.67. The number of para-hydroxylation sites is 2. The van der Waals surface area contributed by atoms with Gasteiger partial charge in [0.1, 0.15) is 6.10 Å². The van der Waals surface area contributed by atoms with Gasteiger partial charge >= 0.3 is 0 Å². The van der Waals surface area contributed by atoms with E-state index < -0.39 is 6.10 Å². The number of carbonyl (C=O) groups is 1. The van der Waals surface area contributed by atoms with E-state index >= 15 is 0 Å². The molecule has 2 aliphatic rings. The highest BCUT2D eigenvalue weighted by molar-refractivity contribution is 5.82. The molecular weight excluding hydrogens is 266 g/mol. The fourth-order valence-electron chi connectivity index (χ4n) is 3.25. The number of hydrogen-bond acceptors (Lipinski definition) is 3. The smallest absolute Gasteiger partial charge is 0.265 e. The minimum absolute atomic E-state index is 0.0697. The summed E-state index contributed by atoms with van der Waals surface area (Å²) in [6.07, 6.45) is 2.35. The summed E-state index contributed by atoms with van der Waals surface area (Å²) in [6, 6.07) is 7.72. The van der Waals surface area contributed by atoms with Crippen LogP contribution in [0, 0.1) is 5.41 Å². The molecule has 1 N–H and O–H groups in total. The Balaban J connectivity index is 1.66. The van der Waals surface area contributed by atoms with Crippen LogP contribution in [0.1, 0.15) is 40.0 Å². The fourth-order valence-corrected chi connectivity index (χ4v) is 3.25. The Labute approximate surface area is 125 Å². The fraction of sp³-hybridized carbons (Fsp3) is 0.588. The van der Waals surface area contributed by atoms with E-state index in [-0.39, 0.29) is 18.1 Å². The Morgan fingerprint density at radius 1 is 1.24 bits per heavy atom. The molecule has 1 aliphatic heterocycles. The Morgan fingerprint density at radius 3 is 2.52 bits per heavy atom. The van der Waals surface area contributed by atoms with Crippen LogP contribution in [-0.2, 0) is 4.79 Å². The van der Waals surface area contributed by atoms with Gasteiger partial charge in [-0.2, -0.15) is 0 Å². The zero-order valence-corrected chi connectivity index (χ0v) is 12.9. The molecule has 0 aromatic heterocycles. The van der Waals surface area contributed by atoms with Crippen LogP contribution < -0.4 is 14.8 Å². The molecule has 114 valence electrons. The molecule has 4 nitrogen and oxygen atoms in total. The molecule has 1 aliphatic carbocycles. The molecule has 3 unspecified atom stereocenters. The van der Waals surface area contributed by atoms with Gasteiger partial charge in [-0.1, -0.05) is 26.0 Å². The van der Waals surface area contributed by atoms with E-state index in [4.69, 9.17) is 9.47 Å². The van der Waals surface area contributed by atoms with Gasteiger partial charge in [-0.25, -0.2) is 0 Å². The first kappa shape index (κ1) is 14.2. The van der Waals surface area contributed by atoms with E-state index in [0.29, 0.717) is 16.9 Å². The molecule has 0 saturated heterocycles. The Morgan fingerprint density at radius 2 is 1.90 bits per heavy atom. The Kier molecular flexibility index (Phi) is 3.56. The minimum Gasteiger partial charge on any atom is -0.482 e. The van der Waals surface area contributed by atoms with Crippen molar-refractivity contribution in [2.45, 2.75) is 58.3 Å². The van der Waals surface area contributed by atoms with Crippen molar-refractivity contribution in [1.82, 2.24) is 5.32 Å². The Hall–Kier alpha value is -1.71. The third kappa shape index (κ3) is 2.99. The van der Waals surface area contributed by atoms with Gasteiger partial charge in [0.15, 0.2) is 11.5 Å². The normalized spacial score (nSPS) is 30.0. The zero-order chi connectivity index (χ0) is 15.0. The van der Waals surface area contributed by atoms with Crippen LogP contribution in [0.4, 0.5) is 0 Å². The second kappa shape index (κ2) is 5.24. The number of ether oxygens (including phenoxy) is 2. The van der Waals surface area contributed by atoms with Crippen LogP contribution in [0.15, 0.2) is 24.3 Å². The van der Waals surface area contributed by atoms with Gasteiger partial charge in [-0.3, -0.25) is 4.79 Å². The highest BCUT2D eigenvalue weighted by Gasteiger charge is 2.37. The number of amides is 1. The maximum absolute atomic E-state index is 12.5. The summed E-state index contributed by atoms with van der Waals surface area (Å²) >= 11 is 0. The van der Waals surface area contributed by atoms with Crippen molar-refractivity contribution in [3.05, 3.63) is 24.3 Å². The first-order valence-electron chi connectivity index (χ1n) is 7.67. The summed E-state index contributed by atoms with van der Waals surface area (Å²) in [4.78, 5) is 12.5. The quantitative estimate of drug-likeness (QED) is 0.910. The number of carbonyl (C=O) groups excluding carboxylic acids is 1. The van der Waals surface area contributed by atoms with E-state index in [0.717, 1.165) is 19.3 Å². The lowest BCUT2D eigenvalue weighted by Crippen LogP contribution is -2.51. The van der Waals surface area contributed by atoms with Crippen LogP contribution in [0.25, 0.3) is 0 Å². The van der Waals surface area contributed by atoms with Crippen molar-refractivity contribution in [2.75, 3.05) is 0 Å². The number of benzene rings is 1. The van der Waals surface area contributed by atoms with E-state index in [2.05, 4.69) is 19.2 Å². The Bertz CT molecular complexity index is 541. The summed E-state index contributed by atoms with van der Waals surface area (Å²) in [6.45, 7) is 6.37. The van der Waals surface area contributed by atoms with Crippen LogP contribution >= 0.6 is 0 Å². The van der Waals surface area contributed by atoms with E-state index in [1.807, 2.05) is 31.2 Å². The highest BCUT2D eigenvalue weighted by atomic mass is 16.6. The van der Waals surface area contributed by atoms with Crippen molar-refractivity contribution in [2.24, 2.45) is 5.41 Å². The summed E-state index contributed by atoms with van der Waals surface area (Å²) in [5.74, 6) is 1.28. The molecule has 0 radical (unpaired) electrons. The van der Waals surface area contributed by atoms with Gasteiger partial charge in [-0.05, 0) is 43.7 Å². The van der Waals surface area contributed by atoms with E-state index in [1.54, 1.807) is 0 Å². The topological polar surface area (TPSA) is 47.6 Å². The van der Waals surface area contributed by atoms with Crippen molar-refractivity contribution in [3.63, 3.8) is 0 Å². The average Bonchev–Trinajstić information content (AvgIpc) is 2.77. The van der Waals surface area contributed by atoms with Gasteiger partial charge < -0.3 is 14.8 Å². The minimum atomic E-state index is -0.580. The molecule has 3 atom stereocenters. The monoisotopic (exact) mass is 289 g/mol. The number of fused-ring (bicyclic) bond motifs is 1. The molecule has 1 fully saturated rings. The molecule has 1 amide bonds. The van der Waals surface area contributed by atoms with Crippen molar-refractivity contribution < 1.29 is 14.3 Å². The molecule has 4 heteroatoms. The summed E-state index contributed by atoms with van der Waals surface area (Å²) in [5, 5.41) is 3.12. The van der Waals surface area contributed by atoms with Crippen LogP contribution in [0.5, 0.6) is 11.5 Å². The van der Waals surface area contributed by atoms with Crippen molar-refractivity contribution in [1.29, 1.82) is 0 Å². The van der Waals surface area contributed by atoms with Crippen molar-refractivity contribution in [3.8, 4) is 11.5 Å². The molecule has 1 saturated carbocycles. The van der Waals surface area contributed by atoms with Gasteiger partial charge in [0.2, 0.25) is 6.10 Å². The highest BCUT2D eigenvalue weighted by Crippen LogP contribution is 2.37. The molecular formula is C17H23NO3. The maximum Gasteiger partial charge on any atom is 0.265 e. The zero-order valence-electron chi connectivity index (χ0n) is 12.9. The van der Waals surface area contributed by atoms with E-state index in [1.165, 1.54) is 0 Å². The molecule has 0 bridgehead atoms. The molecule has 1 heterocycles. The molecule has 21 heavy (non-hydrogen) atoms. The summed E-state index contributed by atoms with van der Waals surface area (Å²) in [7, 11) is 0. The van der Waals surface area contributed by atoms with Gasteiger partial charge in [0, 0.05) is 6.04 Å². The van der Waals surface area contributed by atoms with E-state index in [9.17, 15) is 4.79 Å². The third-order valence-electron chi connectivity index (χ3n) is 4.42. The number of rotatable bonds is 2. The second-order valence-electron chi connectivity index (χ2n) is 6.92. The number of nitrogens with one attached hydrogen (secondary N) is 1. The molecule has 1 aromatic rings. The molecule has 1 aromatic carbocycles. The first-order chi connectivity index (χ1) is 9.94. The van der Waals surface area contributed by atoms with Gasteiger partial charge in [0.25, 0.3) is 5.91 Å². The lowest BCUT2D eigenvalue weighted by atomic mass is 9.92. The standard InChI is InChI=1S/C17H23NO3/c1-11-15(21-14-7-5-4-6-13(14)20-11)16(19)18-12-8-9-17(2,3)10-12/h4-7,11-12,15H,8-10H2,1-3H3,(H,18,19). The number of hydrogen-bond donors (Lipinski definition) is 1. The predicted molar refractivity (Wildman–Crippen MR) is 80.5 cm³/mol. The van der Waals surface area contributed by atoms with Crippen LogP contribution in [0.3, 0.4) is 0 Å². The van der Waals surface area contributed by atoms with Crippen LogP contribution in [0.2, 0.25) is 0 Å². The lowest BCUT2D eigenvalue weighted by molar-refractivity contribution is -0.134. The van der Waals surface area contributed by atoms with Crippen LogP contribution in [-0.4, -0.2) is 24.2 Å². The van der Waals surface area contributed by atoms with Gasteiger partial charge in [-0.15, -0.1) is 0 Å². The molecule has 3 rings (SSSR count).